The zero-order valence-corrected chi connectivity index (χ0v) is 12.3. The van der Waals surface area contributed by atoms with Gasteiger partial charge in [-0.15, -0.1) is 11.3 Å². The van der Waals surface area contributed by atoms with Crippen LogP contribution in [0.1, 0.15) is 24.3 Å². The molecule has 0 radical (unpaired) electrons. The summed E-state index contributed by atoms with van der Waals surface area (Å²) in [6.07, 6.45) is 0.835. The first-order valence-electron chi connectivity index (χ1n) is 6.95. The first-order valence-corrected chi connectivity index (χ1v) is 7.76. The molecular weight excluding hydrogens is 272 g/mol. The Bertz CT molecular complexity index is 572. The van der Waals surface area contributed by atoms with E-state index in [0.717, 1.165) is 16.9 Å². The Morgan fingerprint density at radius 2 is 2.40 bits per heavy atom. The molecule has 0 aliphatic carbocycles. The van der Waals surface area contributed by atoms with Gasteiger partial charge in [-0.05, 0) is 18.6 Å². The van der Waals surface area contributed by atoms with Crippen molar-refractivity contribution in [2.45, 2.75) is 19.3 Å². The second-order valence-corrected chi connectivity index (χ2v) is 6.29. The molecule has 4 nitrogen and oxygen atoms in total. The SMILES string of the molecule is CC(CNC(=O)C1CCOC1)c1nc2ccccc2s1. The van der Waals surface area contributed by atoms with Crippen molar-refractivity contribution < 1.29 is 9.53 Å². The lowest BCUT2D eigenvalue weighted by atomic mass is 10.1. The summed E-state index contributed by atoms with van der Waals surface area (Å²) in [6, 6.07) is 8.13. The van der Waals surface area contributed by atoms with E-state index in [2.05, 4.69) is 23.3 Å². The van der Waals surface area contributed by atoms with Gasteiger partial charge in [0, 0.05) is 19.1 Å². The van der Waals surface area contributed by atoms with Crippen molar-refractivity contribution in [3.05, 3.63) is 29.3 Å². The maximum Gasteiger partial charge on any atom is 0.225 e. The number of rotatable bonds is 4. The minimum absolute atomic E-state index is 0.0255. The highest BCUT2D eigenvalue weighted by atomic mass is 32.1. The molecule has 20 heavy (non-hydrogen) atoms. The Morgan fingerprint density at radius 1 is 1.55 bits per heavy atom. The first kappa shape index (κ1) is 13.5. The molecule has 2 atom stereocenters. The van der Waals surface area contributed by atoms with Gasteiger partial charge in [0.15, 0.2) is 0 Å². The Kier molecular flexibility index (Phi) is 3.98. The molecule has 2 heterocycles. The van der Waals surface area contributed by atoms with E-state index in [1.807, 2.05) is 18.2 Å². The fraction of sp³-hybridized carbons (Fsp3) is 0.467. The summed E-state index contributed by atoms with van der Waals surface area (Å²) in [6.45, 7) is 3.99. The maximum absolute atomic E-state index is 11.9. The predicted molar refractivity (Wildman–Crippen MR) is 80.0 cm³/mol. The fourth-order valence-electron chi connectivity index (χ4n) is 2.33. The minimum Gasteiger partial charge on any atom is -0.381 e. The summed E-state index contributed by atoms with van der Waals surface area (Å²) < 4.78 is 6.44. The standard InChI is InChI=1S/C15H18N2O2S/c1-10(8-16-14(18)11-6-7-19-9-11)15-17-12-4-2-3-5-13(12)20-15/h2-5,10-11H,6-9H2,1H3,(H,16,18). The van der Waals surface area contributed by atoms with Crippen LogP contribution >= 0.6 is 11.3 Å². The van der Waals surface area contributed by atoms with E-state index < -0.39 is 0 Å². The normalized spacial score (nSPS) is 20.1. The van der Waals surface area contributed by atoms with Crippen LogP contribution in [0.5, 0.6) is 0 Å². The number of nitrogens with one attached hydrogen (secondary N) is 1. The third-order valence-corrected chi connectivity index (χ3v) is 4.88. The van der Waals surface area contributed by atoms with Crippen LogP contribution in [0.25, 0.3) is 10.2 Å². The van der Waals surface area contributed by atoms with Gasteiger partial charge in [-0.2, -0.15) is 0 Å². The molecule has 5 heteroatoms. The van der Waals surface area contributed by atoms with Crippen LogP contribution in [0.15, 0.2) is 24.3 Å². The lowest BCUT2D eigenvalue weighted by molar-refractivity contribution is -0.125. The van der Waals surface area contributed by atoms with E-state index in [9.17, 15) is 4.79 Å². The van der Waals surface area contributed by atoms with Crippen LogP contribution in [-0.4, -0.2) is 30.6 Å². The van der Waals surface area contributed by atoms with Gasteiger partial charge in [0.1, 0.15) is 0 Å². The third-order valence-electron chi connectivity index (χ3n) is 3.61. The van der Waals surface area contributed by atoms with E-state index in [0.29, 0.717) is 19.8 Å². The zero-order valence-electron chi connectivity index (χ0n) is 11.5. The van der Waals surface area contributed by atoms with Crippen molar-refractivity contribution in [2.75, 3.05) is 19.8 Å². The summed E-state index contributed by atoms with van der Waals surface area (Å²) >= 11 is 1.70. The van der Waals surface area contributed by atoms with Crippen molar-refractivity contribution in [3.63, 3.8) is 0 Å². The molecule has 1 N–H and O–H groups in total. The van der Waals surface area contributed by atoms with Gasteiger partial charge >= 0.3 is 0 Å². The van der Waals surface area contributed by atoms with Gasteiger partial charge in [0.2, 0.25) is 5.91 Å². The van der Waals surface area contributed by atoms with E-state index in [1.165, 1.54) is 4.70 Å². The molecule has 2 aromatic rings. The summed E-state index contributed by atoms with van der Waals surface area (Å²) in [4.78, 5) is 16.6. The number of para-hydroxylation sites is 1. The Hall–Kier alpha value is -1.46. The topological polar surface area (TPSA) is 51.2 Å². The average Bonchev–Trinajstić information content (AvgIpc) is 3.12. The van der Waals surface area contributed by atoms with Crippen molar-refractivity contribution in [3.8, 4) is 0 Å². The van der Waals surface area contributed by atoms with Crippen LogP contribution in [0, 0.1) is 5.92 Å². The molecule has 0 bridgehead atoms. The number of thiazole rings is 1. The number of fused-ring (bicyclic) bond motifs is 1. The third kappa shape index (κ3) is 2.83. The summed E-state index contributed by atoms with van der Waals surface area (Å²) in [7, 11) is 0. The number of carbonyl (C=O) groups is 1. The van der Waals surface area contributed by atoms with Crippen LogP contribution < -0.4 is 5.32 Å². The predicted octanol–water partition coefficient (Wildman–Crippen LogP) is 2.55. The summed E-state index contributed by atoms with van der Waals surface area (Å²) in [5, 5.41) is 4.09. The summed E-state index contributed by atoms with van der Waals surface area (Å²) in [5.41, 5.74) is 1.04. The molecule has 1 aliphatic heterocycles. The van der Waals surface area contributed by atoms with Crippen LogP contribution in [0.4, 0.5) is 0 Å². The number of hydrogen-bond acceptors (Lipinski definition) is 4. The first-order chi connectivity index (χ1) is 9.74. The number of benzene rings is 1. The molecule has 1 aromatic carbocycles. The largest absolute Gasteiger partial charge is 0.381 e. The highest BCUT2D eigenvalue weighted by molar-refractivity contribution is 7.18. The van der Waals surface area contributed by atoms with E-state index in [4.69, 9.17) is 4.74 Å². The molecule has 1 saturated heterocycles. The average molecular weight is 290 g/mol. The van der Waals surface area contributed by atoms with E-state index in [1.54, 1.807) is 11.3 Å². The molecule has 3 rings (SSSR count). The Morgan fingerprint density at radius 3 is 3.15 bits per heavy atom. The quantitative estimate of drug-likeness (QED) is 0.941. The maximum atomic E-state index is 11.9. The van der Waals surface area contributed by atoms with Crippen LogP contribution in [0.2, 0.25) is 0 Å². The van der Waals surface area contributed by atoms with Crippen molar-refractivity contribution >= 4 is 27.5 Å². The molecule has 1 fully saturated rings. The zero-order chi connectivity index (χ0) is 13.9. The van der Waals surface area contributed by atoms with Crippen molar-refractivity contribution in [1.82, 2.24) is 10.3 Å². The number of nitrogens with zero attached hydrogens (tertiary/aromatic N) is 1. The van der Waals surface area contributed by atoms with Gasteiger partial charge in [-0.25, -0.2) is 4.98 Å². The molecular formula is C15H18N2O2S. The fourth-order valence-corrected chi connectivity index (χ4v) is 3.35. The summed E-state index contributed by atoms with van der Waals surface area (Å²) in [5.74, 6) is 0.367. The van der Waals surface area contributed by atoms with E-state index in [-0.39, 0.29) is 17.7 Å². The lowest BCUT2D eigenvalue weighted by Crippen LogP contribution is -2.33. The van der Waals surface area contributed by atoms with Crippen LogP contribution in [0.3, 0.4) is 0 Å². The minimum atomic E-state index is 0.0255. The van der Waals surface area contributed by atoms with Gasteiger partial charge < -0.3 is 10.1 Å². The van der Waals surface area contributed by atoms with Gasteiger partial charge in [0.05, 0.1) is 27.7 Å². The van der Waals surface area contributed by atoms with Crippen LogP contribution in [-0.2, 0) is 9.53 Å². The van der Waals surface area contributed by atoms with Gasteiger partial charge in [-0.1, -0.05) is 19.1 Å². The van der Waals surface area contributed by atoms with Crippen molar-refractivity contribution in [2.24, 2.45) is 5.92 Å². The smallest absolute Gasteiger partial charge is 0.225 e. The molecule has 106 valence electrons. The molecule has 2 unspecified atom stereocenters. The Labute approximate surface area is 122 Å². The second kappa shape index (κ2) is 5.89. The highest BCUT2D eigenvalue weighted by Crippen LogP contribution is 2.27. The molecule has 1 aromatic heterocycles. The van der Waals surface area contributed by atoms with Gasteiger partial charge in [-0.3, -0.25) is 4.79 Å². The van der Waals surface area contributed by atoms with Gasteiger partial charge in [0.25, 0.3) is 0 Å². The number of aromatic nitrogens is 1. The monoisotopic (exact) mass is 290 g/mol. The van der Waals surface area contributed by atoms with E-state index >= 15 is 0 Å². The molecule has 1 aliphatic rings. The number of hydrogen-bond donors (Lipinski definition) is 1. The highest BCUT2D eigenvalue weighted by Gasteiger charge is 2.23. The number of ether oxygens (including phenoxy) is 1. The molecule has 0 saturated carbocycles. The molecule has 0 spiro atoms. The van der Waals surface area contributed by atoms with Crippen molar-refractivity contribution in [1.29, 1.82) is 0 Å². The Balaban J connectivity index is 1.60. The second-order valence-electron chi connectivity index (χ2n) is 5.23. The number of carbonyl (C=O) groups excluding carboxylic acids is 1. The molecule has 1 amide bonds. The number of amides is 1. The lowest BCUT2D eigenvalue weighted by Gasteiger charge is -2.12.